The number of fused-ring (bicyclic) bond motifs is 3. The first-order valence-corrected chi connectivity index (χ1v) is 6.42. The van der Waals surface area contributed by atoms with E-state index in [4.69, 9.17) is 36.3 Å². The van der Waals surface area contributed by atoms with Crippen LogP contribution in [-0.2, 0) is 6.37 Å². The monoisotopic (exact) mass is 343 g/mol. The Labute approximate surface area is 173 Å². The predicted octanol–water partition coefficient (Wildman–Crippen LogP) is 3.03. The first kappa shape index (κ1) is 4.10. The number of nitrogens with zero attached hydrogens (tertiary/aromatic N) is 1. The maximum atomic E-state index is 11.3. The van der Waals surface area contributed by atoms with E-state index in [0.717, 1.165) is 0 Å². The number of methoxy groups -OCH3 is 2. The van der Waals surface area contributed by atoms with Crippen molar-refractivity contribution < 1.29 is 47.5 Å². The van der Waals surface area contributed by atoms with Crippen LogP contribution >= 0.6 is 0 Å². The third kappa shape index (κ3) is 3.20. The van der Waals surface area contributed by atoms with Crippen LogP contribution in [0.4, 0.5) is 0 Å². The quantitative estimate of drug-likeness (QED) is 0.912. The predicted molar refractivity (Wildman–Crippen MR) is 91.1 cm³/mol. The van der Waals surface area contributed by atoms with Crippen LogP contribution < -0.4 is 9.47 Å². The fourth-order valence-corrected chi connectivity index (χ4v) is 2.34. The molecule has 0 bridgehead atoms. The number of ether oxygens (including phenoxy) is 2. The summed E-state index contributed by atoms with van der Waals surface area (Å²) in [6.45, 7) is -16.1. The molecule has 0 aromatic heterocycles. The molecule has 0 radical (unpaired) electrons. The van der Waals surface area contributed by atoms with Gasteiger partial charge in [0, 0.05) is 39.6 Å². The molecule has 1 saturated heterocycles. The second-order valence-corrected chi connectivity index (χ2v) is 4.78. The highest BCUT2D eigenvalue weighted by Crippen LogP contribution is 2.43. The van der Waals surface area contributed by atoms with Crippen LogP contribution in [0.1, 0.15) is 76.5 Å². The van der Waals surface area contributed by atoms with Crippen molar-refractivity contribution in [1.82, 2.24) is 4.90 Å². The zero-order valence-electron chi connectivity index (χ0n) is 35.6. The van der Waals surface area contributed by atoms with E-state index in [2.05, 4.69) is 4.74 Å². The highest BCUT2D eigenvalue weighted by Gasteiger charge is 2.38. The summed E-state index contributed by atoms with van der Waals surface area (Å²) in [5, 5.41) is 11.3. The molecule has 0 aliphatic carbocycles. The van der Waals surface area contributed by atoms with Gasteiger partial charge >= 0.3 is 0 Å². The van der Waals surface area contributed by atoms with E-state index >= 15 is 0 Å². The van der Waals surface area contributed by atoms with E-state index < -0.39 is 119 Å². The topological polar surface area (TPSA) is 41.9 Å². The Morgan fingerprint density at radius 1 is 1.52 bits per heavy atom. The van der Waals surface area contributed by atoms with Crippen molar-refractivity contribution in [2.24, 2.45) is 11.8 Å². The van der Waals surface area contributed by atoms with Gasteiger partial charge in [-0.25, -0.2) is 0 Å². The molecular weight excluding hydrogens is 290 g/mol. The lowest BCUT2D eigenvalue weighted by Gasteiger charge is -2.46. The third-order valence-electron chi connectivity index (χ3n) is 3.34. The summed E-state index contributed by atoms with van der Waals surface area (Å²) in [6.07, 6.45) is -12.1. The Hall–Kier alpha value is -1.26. The molecule has 1 fully saturated rings. The minimum absolute atomic E-state index is 0.342. The van der Waals surface area contributed by atoms with Gasteiger partial charge in [-0.2, -0.15) is 0 Å². The normalized spacial score (nSPS) is 55.9. The van der Waals surface area contributed by atoms with Crippen molar-refractivity contribution in [1.29, 1.82) is 0 Å². The van der Waals surface area contributed by atoms with Gasteiger partial charge in [-0.1, -0.05) is 13.7 Å². The molecule has 1 aromatic carbocycles. The standard InChI is InChI=1S/C19H29NO3/c1-12(2)7-14-11-20-6-5-13-8-18(22-3)19(23-4)9-15(13)16(20)10-17(14)21/h8-9,12,14,16-17,21H,5-7,10-11H2,1-4H3/i1D3,2D3,3D3,4D3,5D2,6D2,7D2,8D,9D,11D2,12D,16D. The molecule has 2 aliphatic heterocycles. The molecule has 0 spiro atoms. The molecule has 2 heterocycles. The molecule has 1 N–H and O–H groups in total. The molecule has 2 aliphatic rings. The lowest BCUT2D eigenvalue weighted by molar-refractivity contribution is -0.0191. The zero-order chi connectivity index (χ0) is 37.3. The zero-order valence-corrected chi connectivity index (χ0v) is 11.6. The average molecular weight is 344 g/mol. The summed E-state index contributed by atoms with van der Waals surface area (Å²) < 4.78 is 205. The third-order valence-corrected chi connectivity index (χ3v) is 3.34. The maximum Gasteiger partial charge on any atom is 0.161 e. The van der Waals surface area contributed by atoms with Gasteiger partial charge in [0.2, 0.25) is 0 Å². The first-order chi connectivity index (χ1) is 20.4. The SMILES string of the molecule is [2H]c1c(OC([2H])([2H])[2H])c(OC([2H])([2H])[2H])c([2H])c2c1C1([2H])CC(O)C(C([2H])([2H])C([2H])(C([2H])([2H])[2H])C([2H])([2H])[2H])C([2H])([2H])N1C([2H])([2H])C2([2H])[2H]. The molecule has 128 valence electrons. The first-order valence-electron chi connectivity index (χ1n) is 18.4. The fourth-order valence-electron chi connectivity index (χ4n) is 2.34. The van der Waals surface area contributed by atoms with Gasteiger partial charge in [-0.15, -0.1) is 0 Å². The second-order valence-electron chi connectivity index (χ2n) is 4.78. The molecule has 0 amide bonds. The van der Waals surface area contributed by atoms with Gasteiger partial charge in [0.15, 0.2) is 11.5 Å². The Kier molecular flexibility index (Phi) is 1.19. The van der Waals surface area contributed by atoms with Gasteiger partial charge in [-0.05, 0) is 54.2 Å². The number of rotatable bonds is 4. The minimum atomic E-state index is -4.22. The molecule has 3 atom stereocenters. The van der Waals surface area contributed by atoms with E-state index in [1.807, 2.05) is 0 Å². The number of hydrogen-bond acceptors (Lipinski definition) is 4. The number of aliphatic hydroxyl groups is 1. The van der Waals surface area contributed by atoms with Gasteiger partial charge in [0.1, 0.15) is 0 Å². The Bertz CT molecular complexity index is 1390. The lowest BCUT2D eigenvalue weighted by Crippen LogP contribution is -2.48. The van der Waals surface area contributed by atoms with Crippen LogP contribution in [0.5, 0.6) is 11.5 Å². The Balaban J connectivity index is 2.53. The summed E-state index contributed by atoms with van der Waals surface area (Å²) in [7, 11) is -7.02. The molecular formula is C19H29NO3. The van der Waals surface area contributed by atoms with E-state index in [1.54, 1.807) is 0 Å². The number of aliphatic hydroxyl groups excluding tert-OH is 1. The molecule has 1 aromatic rings. The number of piperidine rings is 1. The summed E-state index contributed by atoms with van der Waals surface area (Å²) in [5.74, 6) is -10.0. The average Bonchev–Trinajstić information content (AvgIpc) is 2.77. The van der Waals surface area contributed by atoms with Crippen LogP contribution in [0.2, 0.25) is 0 Å². The largest absolute Gasteiger partial charge is 0.493 e. The van der Waals surface area contributed by atoms with E-state index in [9.17, 15) is 6.48 Å². The molecule has 0 saturated carbocycles. The molecule has 4 nitrogen and oxygen atoms in total. The van der Waals surface area contributed by atoms with Crippen molar-refractivity contribution in [2.75, 3.05) is 27.1 Å². The molecule has 3 rings (SSSR count). The molecule has 23 heavy (non-hydrogen) atoms. The lowest BCUT2D eigenvalue weighted by atomic mass is 9.79. The van der Waals surface area contributed by atoms with Crippen LogP contribution in [0.15, 0.2) is 12.1 Å². The van der Waals surface area contributed by atoms with Crippen LogP contribution in [0.3, 0.4) is 0 Å². The maximum absolute atomic E-state index is 11.3. The van der Waals surface area contributed by atoms with Gasteiger partial charge in [-0.3, -0.25) is 4.90 Å². The minimum Gasteiger partial charge on any atom is -0.493 e. The van der Waals surface area contributed by atoms with Crippen LogP contribution in [0.25, 0.3) is 0 Å². The van der Waals surface area contributed by atoms with Gasteiger partial charge in [0.25, 0.3) is 0 Å². The van der Waals surface area contributed by atoms with Crippen molar-refractivity contribution >= 4 is 0 Å². The van der Waals surface area contributed by atoms with Crippen molar-refractivity contribution in [3.05, 3.63) is 23.2 Å². The Morgan fingerprint density at radius 3 is 3.04 bits per heavy atom. The van der Waals surface area contributed by atoms with Crippen molar-refractivity contribution in [2.45, 2.75) is 45.0 Å². The molecule has 4 heteroatoms. The van der Waals surface area contributed by atoms with E-state index in [1.165, 1.54) is 0 Å². The van der Waals surface area contributed by atoms with Crippen LogP contribution in [-0.4, -0.2) is 43.2 Å². The summed E-state index contributed by atoms with van der Waals surface area (Å²) in [6, 6.07) is -6.19. The number of benzene rings is 1. The Morgan fingerprint density at radius 2 is 2.30 bits per heavy atom. The molecule has 3 unspecified atom stereocenters. The highest BCUT2D eigenvalue weighted by molar-refractivity contribution is 5.49. The second kappa shape index (κ2) is 6.70. The summed E-state index contributed by atoms with van der Waals surface area (Å²) in [4.78, 5) is -0.342. The van der Waals surface area contributed by atoms with E-state index in [0.29, 0.717) is 0 Å². The smallest absolute Gasteiger partial charge is 0.161 e. The van der Waals surface area contributed by atoms with Gasteiger partial charge in [0.05, 0.1) is 32.5 Å². The fraction of sp³-hybridized carbons (Fsp3) is 0.684. The summed E-state index contributed by atoms with van der Waals surface area (Å²) >= 11 is 0. The van der Waals surface area contributed by atoms with Crippen molar-refractivity contribution in [3.8, 4) is 11.5 Å². The van der Waals surface area contributed by atoms with Gasteiger partial charge < -0.3 is 14.6 Å². The highest BCUT2D eigenvalue weighted by atomic mass is 16.5. The van der Waals surface area contributed by atoms with Crippen molar-refractivity contribution in [3.63, 3.8) is 0 Å². The van der Waals surface area contributed by atoms with Crippen LogP contribution in [0, 0.1) is 11.8 Å². The number of hydrogen-bond donors (Lipinski definition) is 1. The van der Waals surface area contributed by atoms with E-state index in [-0.39, 0.29) is 4.90 Å². The summed E-state index contributed by atoms with van der Waals surface area (Å²) in [5.41, 5.74) is -2.55.